The quantitative estimate of drug-likeness (QED) is 0.589. The van der Waals surface area contributed by atoms with Gasteiger partial charge in [0.2, 0.25) is 0 Å². The van der Waals surface area contributed by atoms with E-state index in [2.05, 4.69) is 4.74 Å². The summed E-state index contributed by atoms with van der Waals surface area (Å²) >= 11 is 16.8. The van der Waals surface area contributed by atoms with Crippen LogP contribution in [0.4, 0.5) is 4.79 Å². The number of carbonyl (C=O) groups is 1. The Morgan fingerprint density at radius 3 is 2.38 bits per heavy atom. The van der Waals surface area contributed by atoms with Gasteiger partial charge in [-0.05, 0) is 6.92 Å². The van der Waals surface area contributed by atoms with E-state index in [0.717, 1.165) is 7.11 Å². The third-order valence-corrected chi connectivity index (χ3v) is 2.97. The predicted molar refractivity (Wildman–Crippen MR) is 51.3 cm³/mol. The van der Waals surface area contributed by atoms with Crippen LogP contribution >= 0.6 is 34.8 Å². The number of aliphatic hydroxyl groups excluding tert-OH is 1. The van der Waals surface area contributed by atoms with Crippen LogP contribution < -0.4 is 5.32 Å². The molecule has 0 fully saturated rings. The second kappa shape index (κ2) is 5.10. The lowest BCUT2D eigenvalue weighted by Gasteiger charge is -2.27. The molecule has 0 rings (SSSR count). The smallest absolute Gasteiger partial charge is 0.408 e. The molecule has 78 valence electrons. The van der Waals surface area contributed by atoms with Crippen LogP contribution in [0.5, 0.6) is 0 Å². The molecule has 13 heavy (non-hydrogen) atoms. The van der Waals surface area contributed by atoms with E-state index < -0.39 is 22.0 Å². The first-order chi connectivity index (χ1) is 5.82. The number of rotatable bonds is 3. The van der Waals surface area contributed by atoms with Gasteiger partial charge in [-0.25, -0.2) is 4.79 Å². The predicted octanol–water partition coefficient (Wildman–Crippen LogP) is 1.46. The molecular formula is C6H10Cl3NO3. The number of hydrogen-bond donors (Lipinski definition) is 2. The summed E-state index contributed by atoms with van der Waals surface area (Å²) in [5.41, 5.74) is 0. The normalized spacial score (nSPS) is 16.2. The summed E-state index contributed by atoms with van der Waals surface area (Å²) in [7, 11) is 1.15. The average Bonchev–Trinajstić information content (AvgIpc) is 2.03. The fourth-order valence-corrected chi connectivity index (χ4v) is 0.713. The van der Waals surface area contributed by atoms with Gasteiger partial charge >= 0.3 is 6.09 Å². The standard InChI is InChI=1S/C6H10Cl3NO3/c1-3(7)6(8,9)4(11)10-5(12)13-2/h3-4,11H,1-2H3,(H,10,12)/t3-,4+/m1/s1. The van der Waals surface area contributed by atoms with E-state index in [1.165, 1.54) is 6.92 Å². The van der Waals surface area contributed by atoms with Crippen molar-refractivity contribution in [2.24, 2.45) is 0 Å². The van der Waals surface area contributed by atoms with E-state index in [0.29, 0.717) is 0 Å². The van der Waals surface area contributed by atoms with Gasteiger partial charge in [0.25, 0.3) is 0 Å². The molecule has 4 nitrogen and oxygen atoms in total. The zero-order valence-electron chi connectivity index (χ0n) is 7.05. The Morgan fingerprint density at radius 2 is 2.08 bits per heavy atom. The second-order valence-corrected chi connectivity index (χ2v) is 4.43. The van der Waals surface area contributed by atoms with E-state index in [4.69, 9.17) is 34.8 Å². The van der Waals surface area contributed by atoms with Gasteiger partial charge in [0.1, 0.15) is 0 Å². The number of nitrogens with one attached hydrogen (secondary N) is 1. The van der Waals surface area contributed by atoms with E-state index in [9.17, 15) is 9.90 Å². The van der Waals surface area contributed by atoms with Crippen molar-refractivity contribution in [1.82, 2.24) is 5.32 Å². The number of alkyl carbamates (subject to hydrolysis) is 1. The molecule has 0 unspecified atom stereocenters. The first-order valence-electron chi connectivity index (χ1n) is 3.36. The molecule has 2 N–H and O–H groups in total. The minimum atomic E-state index is -1.66. The number of ether oxygens (including phenoxy) is 1. The Kier molecular flexibility index (Phi) is 5.14. The van der Waals surface area contributed by atoms with Crippen LogP contribution in [-0.2, 0) is 4.74 Å². The van der Waals surface area contributed by atoms with Crippen LogP contribution in [0.3, 0.4) is 0 Å². The Labute approximate surface area is 91.1 Å². The van der Waals surface area contributed by atoms with Crippen molar-refractivity contribution in [1.29, 1.82) is 0 Å². The summed E-state index contributed by atoms with van der Waals surface area (Å²) in [6.45, 7) is 1.49. The maximum absolute atomic E-state index is 10.6. The monoisotopic (exact) mass is 249 g/mol. The van der Waals surface area contributed by atoms with Crippen LogP contribution in [0.1, 0.15) is 6.92 Å². The molecule has 1 amide bonds. The third kappa shape index (κ3) is 3.77. The van der Waals surface area contributed by atoms with Crippen LogP contribution in [-0.4, -0.2) is 34.2 Å². The van der Waals surface area contributed by atoms with Gasteiger partial charge in [-0.3, -0.25) is 5.32 Å². The topological polar surface area (TPSA) is 58.6 Å². The highest BCUT2D eigenvalue weighted by Gasteiger charge is 2.39. The molecular weight excluding hydrogens is 240 g/mol. The maximum Gasteiger partial charge on any atom is 0.408 e. The van der Waals surface area contributed by atoms with Crippen molar-refractivity contribution in [3.63, 3.8) is 0 Å². The number of methoxy groups -OCH3 is 1. The molecule has 0 spiro atoms. The molecule has 2 atom stereocenters. The van der Waals surface area contributed by atoms with E-state index in [1.54, 1.807) is 0 Å². The van der Waals surface area contributed by atoms with Crippen LogP contribution in [0.2, 0.25) is 0 Å². The number of hydrogen-bond acceptors (Lipinski definition) is 3. The summed E-state index contributed by atoms with van der Waals surface area (Å²) in [6, 6.07) is 0. The highest BCUT2D eigenvalue weighted by atomic mass is 35.5. The van der Waals surface area contributed by atoms with Gasteiger partial charge in [-0.15, -0.1) is 11.6 Å². The minimum Gasteiger partial charge on any atom is -0.453 e. The highest BCUT2D eigenvalue weighted by molar-refractivity contribution is 6.52. The summed E-state index contributed by atoms with van der Waals surface area (Å²) in [6.07, 6.45) is -2.33. The van der Waals surface area contributed by atoms with Crippen LogP contribution in [0, 0.1) is 0 Å². The van der Waals surface area contributed by atoms with E-state index >= 15 is 0 Å². The van der Waals surface area contributed by atoms with Crippen molar-refractivity contribution in [3.8, 4) is 0 Å². The number of alkyl halides is 3. The first kappa shape index (κ1) is 13.1. The van der Waals surface area contributed by atoms with Crippen molar-refractivity contribution >= 4 is 40.9 Å². The van der Waals surface area contributed by atoms with Crippen molar-refractivity contribution in [2.45, 2.75) is 22.9 Å². The Hall–Kier alpha value is 0.1000. The van der Waals surface area contributed by atoms with Gasteiger partial charge in [-0.2, -0.15) is 0 Å². The number of amides is 1. The molecule has 0 aromatic heterocycles. The van der Waals surface area contributed by atoms with Crippen LogP contribution in [0.15, 0.2) is 0 Å². The summed E-state index contributed by atoms with van der Waals surface area (Å²) in [5, 5.41) is 10.6. The Balaban J connectivity index is 4.24. The molecule has 0 saturated carbocycles. The second-order valence-electron chi connectivity index (χ2n) is 2.33. The molecule has 0 radical (unpaired) electrons. The van der Waals surface area contributed by atoms with Crippen molar-refractivity contribution in [3.05, 3.63) is 0 Å². The van der Waals surface area contributed by atoms with Gasteiger partial charge in [0, 0.05) is 0 Å². The lowest BCUT2D eigenvalue weighted by atomic mass is 10.3. The fourth-order valence-electron chi connectivity index (χ4n) is 0.484. The van der Waals surface area contributed by atoms with Gasteiger partial charge in [-0.1, -0.05) is 23.2 Å². The largest absolute Gasteiger partial charge is 0.453 e. The minimum absolute atomic E-state index is 0.733. The molecule has 0 aliphatic rings. The summed E-state index contributed by atoms with van der Waals surface area (Å²) in [5.74, 6) is 0. The molecule has 0 aromatic carbocycles. The maximum atomic E-state index is 10.6. The first-order valence-corrected chi connectivity index (χ1v) is 4.56. The molecule has 0 aliphatic carbocycles. The highest BCUT2D eigenvalue weighted by Crippen LogP contribution is 2.31. The Morgan fingerprint density at radius 1 is 1.62 bits per heavy atom. The van der Waals surface area contributed by atoms with Gasteiger partial charge in [0.15, 0.2) is 10.6 Å². The van der Waals surface area contributed by atoms with Crippen molar-refractivity contribution in [2.75, 3.05) is 7.11 Å². The lowest BCUT2D eigenvalue weighted by molar-refractivity contribution is 0.0994. The Bertz CT molecular complexity index is 186. The fraction of sp³-hybridized carbons (Fsp3) is 0.833. The molecule has 0 bridgehead atoms. The molecule has 0 aliphatic heterocycles. The average molecular weight is 251 g/mol. The zero-order chi connectivity index (χ0) is 10.6. The van der Waals surface area contributed by atoms with Crippen LogP contribution in [0.25, 0.3) is 0 Å². The molecule has 0 saturated heterocycles. The molecule has 0 aromatic rings. The van der Waals surface area contributed by atoms with Crippen molar-refractivity contribution < 1.29 is 14.6 Å². The van der Waals surface area contributed by atoms with Gasteiger partial charge < -0.3 is 9.84 Å². The van der Waals surface area contributed by atoms with Gasteiger partial charge in [0.05, 0.1) is 12.5 Å². The number of aliphatic hydroxyl groups is 1. The lowest BCUT2D eigenvalue weighted by Crippen LogP contribution is -2.50. The summed E-state index contributed by atoms with van der Waals surface area (Å²) < 4.78 is 2.57. The third-order valence-electron chi connectivity index (χ3n) is 1.33. The van der Waals surface area contributed by atoms with E-state index in [1.807, 2.05) is 5.32 Å². The van der Waals surface area contributed by atoms with E-state index in [-0.39, 0.29) is 0 Å². The number of carbonyl (C=O) groups excluding carboxylic acids is 1. The SMILES string of the molecule is COC(=O)N[C@@H](O)C(Cl)(Cl)[C@@H](C)Cl. The number of halogens is 3. The molecule has 0 heterocycles. The zero-order valence-corrected chi connectivity index (χ0v) is 9.32. The summed E-state index contributed by atoms with van der Waals surface area (Å²) in [4.78, 5) is 10.6. The molecule has 7 heteroatoms.